The van der Waals surface area contributed by atoms with E-state index in [4.69, 9.17) is 4.74 Å². The summed E-state index contributed by atoms with van der Waals surface area (Å²) in [5, 5.41) is 3.05. The maximum atomic E-state index is 13.3. The van der Waals surface area contributed by atoms with Crippen molar-refractivity contribution in [2.24, 2.45) is 0 Å². The molecule has 0 radical (unpaired) electrons. The lowest BCUT2D eigenvalue weighted by Crippen LogP contribution is -2.34. The van der Waals surface area contributed by atoms with Gasteiger partial charge in [0.1, 0.15) is 5.82 Å². The standard InChI is InChI=1S/C11H11F4NO/c12-9-5-7(10-6-17-4-3-16-10)1-2-8(9)11(13,14)15/h1-2,5,10,16H,3-4,6H2/t10-/m0/s1. The molecule has 1 aromatic rings. The minimum absolute atomic E-state index is 0.250. The Labute approximate surface area is 95.6 Å². The lowest BCUT2D eigenvalue weighted by Gasteiger charge is -2.24. The van der Waals surface area contributed by atoms with Crippen LogP contribution >= 0.6 is 0 Å². The number of halogens is 4. The van der Waals surface area contributed by atoms with Crippen LogP contribution in [0.3, 0.4) is 0 Å². The van der Waals surface area contributed by atoms with Crippen molar-refractivity contribution in [3.8, 4) is 0 Å². The molecule has 0 aromatic heterocycles. The first-order valence-corrected chi connectivity index (χ1v) is 5.16. The third-order valence-corrected chi connectivity index (χ3v) is 2.62. The van der Waals surface area contributed by atoms with Crippen molar-refractivity contribution < 1.29 is 22.3 Å². The van der Waals surface area contributed by atoms with E-state index in [2.05, 4.69) is 5.32 Å². The Kier molecular flexibility index (Phi) is 3.35. The molecule has 94 valence electrons. The fourth-order valence-electron chi connectivity index (χ4n) is 1.76. The van der Waals surface area contributed by atoms with E-state index in [-0.39, 0.29) is 6.04 Å². The molecule has 1 aliphatic rings. The van der Waals surface area contributed by atoms with Gasteiger partial charge in [0.25, 0.3) is 0 Å². The van der Waals surface area contributed by atoms with Crippen LogP contribution in [0.1, 0.15) is 17.2 Å². The zero-order chi connectivity index (χ0) is 12.5. The number of hydrogen-bond donors (Lipinski definition) is 1. The van der Waals surface area contributed by atoms with Gasteiger partial charge in [0, 0.05) is 6.54 Å². The Balaban J connectivity index is 2.24. The van der Waals surface area contributed by atoms with Crippen molar-refractivity contribution >= 4 is 0 Å². The smallest absolute Gasteiger partial charge is 0.378 e. The second kappa shape index (κ2) is 4.62. The summed E-state index contributed by atoms with van der Waals surface area (Å²) in [7, 11) is 0. The van der Waals surface area contributed by atoms with Gasteiger partial charge in [-0.3, -0.25) is 0 Å². The highest BCUT2D eigenvalue weighted by molar-refractivity contribution is 5.28. The zero-order valence-electron chi connectivity index (χ0n) is 8.85. The van der Waals surface area contributed by atoms with Gasteiger partial charge < -0.3 is 10.1 Å². The summed E-state index contributed by atoms with van der Waals surface area (Å²) in [4.78, 5) is 0. The minimum atomic E-state index is -4.65. The first-order chi connectivity index (χ1) is 7.98. The molecule has 1 heterocycles. The van der Waals surface area contributed by atoms with Crippen LogP contribution < -0.4 is 5.32 Å². The van der Waals surface area contributed by atoms with Gasteiger partial charge in [0.2, 0.25) is 0 Å². The SMILES string of the molecule is Fc1cc([C@@H]2COCCN2)ccc1C(F)(F)F. The maximum absolute atomic E-state index is 13.3. The Bertz CT molecular complexity index is 399. The van der Waals surface area contributed by atoms with Gasteiger partial charge >= 0.3 is 6.18 Å². The number of rotatable bonds is 1. The first-order valence-electron chi connectivity index (χ1n) is 5.16. The fourth-order valence-corrected chi connectivity index (χ4v) is 1.76. The predicted octanol–water partition coefficient (Wildman–Crippen LogP) is 2.51. The Morgan fingerprint density at radius 3 is 2.59 bits per heavy atom. The molecule has 1 atom stereocenters. The van der Waals surface area contributed by atoms with E-state index in [9.17, 15) is 17.6 Å². The highest BCUT2D eigenvalue weighted by Crippen LogP contribution is 2.32. The van der Waals surface area contributed by atoms with Crippen LogP contribution in [0, 0.1) is 5.82 Å². The molecule has 0 amide bonds. The molecule has 0 aliphatic carbocycles. The molecule has 0 saturated carbocycles. The summed E-state index contributed by atoms with van der Waals surface area (Å²) >= 11 is 0. The summed E-state index contributed by atoms with van der Waals surface area (Å²) in [6, 6.07) is 2.70. The van der Waals surface area contributed by atoms with Crippen LogP contribution in [-0.4, -0.2) is 19.8 Å². The number of nitrogens with one attached hydrogen (secondary N) is 1. The summed E-state index contributed by atoms with van der Waals surface area (Å²) in [6.07, 6.45) is -4.65. The molecular weight excluding hydrogens is 238 g/mol. The van der Waals surface area contributed by atoms with Crippen LogP contribution in [0.4, 0.5) is 17.6 Å². The largest absolute Gasteiger partial charge is 0.419 e. The minimum Gasteiger partial charge on any atom is -0.378 e. The average Bonchev–Trinajstić information content (AvgIpc) is 2.28. The topological polar surface area (TPSA) is 21.3 Å². The van der Waals surface area contributed by atoms with E-state index < -0.39 is 17.6 Å². The van der Waals surface area contributed by atoms with Gasteiger partial charge in [-0.25, -0.2) is 4.39 Å². The van der Waals surface area contributed by atoms with E-state index in [0.29, 0.717) is 25.3 Å². The Morgan fingerprint density at radius 2 is 2.06 bits per heavy atom. The molecule has 1 fully saturated rings. The normalized spacial score (nSPS) is 21.5. The van der Waals surface area contributed by atoms with Crippen molar-refractivity contribution in [2.75, 3.05) is 19.8 Å². The highest BCUT2D eigenvalue weighted by atomic mass is 19.4. The summed E-state index contributed by atoms with van der Waals surface area (Å²) in [6.45, 7) is 1.50. The molecule has 0 unspecified atom stereocenters. The van der Waals surface area contributed by atoms with Crippen molar-refractivity contribution in [3.05, 3.63) is 35.1 Å². The van der Waals surface area contributed by atoms with Gasteiger partial charge in [-0.15, -0.1) is 0 Å². The molecule has 6 heteroatoms. The predicted molar refractivity (Wildman–Crippen MR) is 53.0 cm³/mol. The number of alkyl halides is 3. The van der Waals surface area contributed by atoms with E-state index in [1.807, 2.05) is 0 Å². The fraction of sp³-hybridized carbons (Fsp3) is 0.455. The second-order valence-corrected chi connectivity index (χ2v) is 3.82. The molecule has 0 spiro atoms. The average molecular weight is 249 g/mol. The van der Waals surface area contributed by atoms with E-state index in [1.165, 1.54) is 6.07 Å². The van der Waals surface area contributed by atoms with E-state index >= 15 is 0 Å². The summed E-state index contributed by atoms with van der Waals surface area (Å²) in [5.41, 5.74) is -0.770. The molecule has 17 heavy (non-hydrogen) atoms. The van der Waals surface area contributed by atoms with Crippen molar-refractivity contribution in [1.82, 2.24) is 5.32 Å². The van der Waals surface area contributed by atoms with Gasteiger partial charge in [-0.1, -0.05) is 6.07 Å². The van der Waals surface area contributed by atoms with Crippen LogP contribution in [0.2, 0.25) is 0 Å². The summed E-state index contributed by atoms with van der Waals surface area (Å²) < 4.78 is 55.5. The number of benzene rings is 1. The van der Waals surface area contributed by atoms with E-state index in [1.54, 1.807) is 0 Å². The van der Waals surface area contributed by atoms with Gasteiger partial charge in [0.15, 0.2) is 0 Å². The summed E-state index contributed by atoms with van der Waals surface area (Å²) in [5.74, 6) is -1.25. The van der Waals surface area contributed by atoms with E-state index in [0.717, 1.165) is 12.1 Å². The molecule has 1 saturated heterocycles. The van der Waals surface area contributed by atoms with Crippen molar-refractivity contribution in [3.63, 3.8) is 0 Å². The lowest BCUT2D eigenvalue weighted by atomic mass is 10.0. The van der Waals surface area contributed by atoms with Crippen molar-refractivity contribution in [1.29, 1.82) is 0 Å². The maximum Gasteiger partial charge on any atom is 0.419 e. The molecule has 0 bridgehead atoms. The molecule has 1 N–H and O–H groups in total. The lowest BCUT2D eigenvalue weighted by molar-refractivity contribution is -0.140. The molecule has 1 aromatic carbocycles. The highest BCUT2D eigenvalue weighted by Gasteiger charge is 2.34. The molecule has 1 aliphatic heterocycles. The van der Waals surface area contributed by atoms with Crippen LogP contribution in [0.5, 0.6) is 0 Å². The van der Waals surface area contributed by atoms with Crippen LogP contribution in [0.25, 0.3) is 0 Å². The Hall–Kier alpha value is -1.14. The molecular formula is C11H11F4NO. The van der Waals surface area contributed by atoms with Crippen LogP contribution in [0.15, 0.2) is 18.2 Å². The monoisotopic (exact) mass is 249 g/mol. The number of hydrogen-bond acceptors (Lipinski definition) is 2. The molecule has 2 rings (SSSR count). The molecule has 2 nitrogen and oxygen atoms in total. The van der Waals surface area contributed by atoms with Crippen molar-refractivity contribution in [2.45, 2.75) is 12.2 Å². The third kappa shape index (κ3) is 2.76. The number of ether oxygens (including phenoxy) is 1. The van der Waals surface area contributed by atoms with Gasteiger partial charge in [-0.2, -0.15) is 13.2 Å². The van der Waals surface area contributed by atoms with Crippen LogP contribution in [-0.2, 0) is 10.9 Å². The Morgan fingerprint density at radius 1 is 1.29 bits per heavy atom. The van der Waals surface area contributed by atoms with Gasteiger partial charge in [0.05, 0.1) is 24.8 Å². The quantitative estimate of drug-likeness (QED) is 0.772. The number of morpholine rings is 1. The second-order valence-electron chi connectivity index (χ2n) is 3.82. The first kappa shape index (κ1) is 12.3. The third-order valence-electron chi connectivity index (χ3n) is 2.62. The zero-order valence-corrected chi connectivity index (χ0v) is 8.85. The van der Waals surface area contributed by atoms with Gasteiger partial charge in [-0.05, 0) is 17.7 Å².